The number of nitrogens with zero attached hydrogens (tertiary/aromatic N) is 1. The Hall–Kier alpha value is -0.940. The quantitative estimate of drug-likeness (QED) is 0.540. The molecular formula is C18H36NO4+. The summed E-state index contributed by atoms with van der Waals surface area (Å²) in [5.41, 5.74) is -1.78. The first-order valence-corrected chi connectivity index (χ1v) is 8.63. The van der Waals surface area contributed by atoms with Crippen molar-refractivity contribution in [2.75, 3.05) is 27.7 Å². The van der Waals surface area contributed by atoms with Crippen LogP contribution in [0.4, 0.5) is 0 Å². The summed E-state index contributed by atoms with van der Waals surface area (Å²) in [6.45, 7) is 6.62. The van der Waals surface area contributed by atoms with Crippen molar-refractivity contribution in [3.63, 3.8) is 0 Å². The number of carbonyl (C=O) groups is 2. The molecule has 0 aliphatic carbocycles. The predicted octanol–water partition coefficient (Wildman–Crippen LogP) is 2.71. The van der Waals surface area contributed by atoms with Gasteiger partial charge in [0.2, 0.25) is 0 Å². The van der Waals surface area contributed by atoms with Gasteiger partial charge in [-0.1, -0.05) is 40.0 Å². The van der Waals surface area contributed by atoms with Crippen LogP contribution in [0.1, 0.15) is 59.3 Å². The molecule has 2 unspecified atom stereocenters. The SMILES string of the molecule is CC(C)CCCC(C)CCC(=O)C(O)(CC(=O)O)C[N+](C)(C)C. The number of aliphatic hydroxyl groups is 1. The van der Waals surface area contributed by atoms with Gasteiger partial charge in [0.15, 0.2) is 11.4 Å². The van der Waals surface area contributed by atoms with Crippen LogP contribution < -0.4 is 0 Å². The van der Waals surface area contributed by atoms with Crippen LogP contribution in [0.3, 0.4) is 0 Å². The molecule has 0 fully saturated rings. The minimum absolute atomic E-state index is 0.111. The van der Waals surface area contributed by atoms with Gasteiger partial charge in [-0.3, -0.25) is 9.59 Å². The fourth-order valence-corrected chi connectivity index (χ4v) is 2.91. The van der Waals surface area contributed by atoms with Gasteiger partial charge in [-0.25, -0.2) is 0 Å². The number of quaternary nitrogens is 1. The average Bonchev–Trinajstić information content (AvgIpc) is 2.31. The number of carboxylic acids is 1. The van der Waals surface area contributed by atoms with Crippen LogP contribution in [0.25, 0.3) is 0 Å². The fraction of sp³-hybridized carbons (Fsp3) is 0.889. The maximum absolute atomic E-state index is 12.4. The molecular weight excluding hydrogens is 294 g/mol. The standard InChI is InChI=1S/C18H35NO4/c1-14(2)8-7-9-15(3)10-11-16(20)18(23,12-17(21)22)13-19(4,5)6/h14-15,23H,7-13H2,1-6H3/p+1. The monoisotopic (exact) mass is 330 g/mol. The first kappa shape index (κ1) is 22.1. The summed E-state index contributed by atoms with van der Waals surface area (Å²) >= 11 is 0. The van der Waals surface area contributed by atoms with E-state index in [4.69, 9.17) is 5.11 Å². The van der Waals surface area contributed by atoms with E-state index >= 15 is 0 Å². The van der Waals surface area contributed by atoms with E-state index < -0.39 is 18.0 Å². The molecule has 0 aliphatic heterocycles. The molecule has 0 aliphatic rings. The second-order valence-corrected chi connectivity index (χ2v) is 8.44. The van der Waals surface area contributed by atoms with Crippen LogP contribution in [0.2, 0.25) is 0 Å². The van der Waals surface area contributed by atoms with Crippen LogP contribution in [0.15, 0.2) is 0 Å². The number of carboxylic acid groups (broad SMARTS) is 1. The van der Waals surface area contributed by atoms with Crippen LogP contribution >= 0.6 is 0 Å². The average molecular weight is 330 g/mol. The smallest absolute Gasteiger partial charge is 0.306 e. The van der Waals surface area contributed by atoms with E-state index in [0.29, 0.717) is 22.7 Å². The number of hydrogen-bond acceptors (Lipinski definition) is 3. The van der Waals surface area contributed by atoms with E-state index in [0.717, 1.165) is 12.8 Å². The number of Topliss-reactive ketones (excluding diaryl/α,β-unsaturated/α-hetero) is 1. The van der Waals surface area contributed by atoms with Gasteiger partial charge < -0.3 is 14.7 Å². The Morgan fingerprint density at radius 2 is 1.61 bits per heavy atom. The summed E-state index contributed by atoms with van der Waals surface area (Å²) in [4.78, 5) is 23.5. The molecule has 0 heterocycles. The van der Waals surface area contributed by atoms with E-state index in [1.54, 1.807) is 0 Å². The van der Waals surface area contributed by atoms with E-state index in [9.17, 15) is 14.7 Å². The van der Waals surface area contributed by atoms with Crippen LogP contribution in [-0.2, 0) is 9.59 Å². The van der Waals surface area contributed by atoms with Crippen LogP contribution in [0.5, 0.6) is 0 Å². The molecule has 136 valence electrons. The van der Waals surface area contributed by atoms with Gasteiger partial charge >= 0.3 is 5.97 Å². The summed E-state index contributed by atoms with van der Waals surface area (Å²) in [7, 11) is 5.53. The van der Waals surface area contributed by atoms with Gasteiger partial charge in [-0.15, -0.1) is 0 Å². The highest BCUT2D eigenvalue weighted by Crippen LogP contribution is 2.22. The Morgan fingerprint density at radius 3 is 2.04 bits per heavy atom. The zero-order valence-corrected chi connectivity index (χ0v) is 15.8. The molecule has 0 bridgehead atoms. The molecule has 0 radical (unpaired) electrons. The van der Waals surface area contributed by atoms with E-state index in [1.165, 1.54) is 6.42 Å². The van der Waals surface area contributed by atoms with Crippen molar-refractivity contribution >= 4 is 11.8 Å². The molecule has 0 saturated carbocycles. The van der Waals surface area contributed by atoms with Gasteiger partial charge in [-0.2, -0.15) is 0 Å². The lowest BCUT2D eigenvalue weighted by Crippen LogP contribution is -2.54. The zero-order chi connectivity index (χ0) is 18.3. The molecule has 0 aromatic rings. The van der Waals surface area contributed by atoms with E-state index in [2.05, 4.69) is 20.8 Å². The third-order valence-corrected chi connectivity index (χ3v) is 4.04. The molecule has 0 aromatic carbocycles. The van der Waals surface area contributed by atoms with Crippen molar-refractivity contribution in [1.29, 1.82) is 0 Å². The number of carbonyl (C=O) groups excluding carboxylic acids is 1. The summed E-state index contributed by atoms with van der Waals surface area (Å²) < 4.78 is 0.347. The third-order valence-electron chi connectivity index (χ3n) is 4.04. The zero-order valence-electron chi connectivity index (χ0n) is 15.8. The molecule has 0 aromatic heterocycles. The second kappa shape index (κ2) is 9.38. The Morgan fingerprint density at radius 1 is 1.04 bits per heavy atom. The molecule has 0 amide bonds. The lowest BCUT2D eigenvalue weighted by Gasteiger charge is -2.34. The van der Waals surface area contributed by atoms with Crippen molar-refractivity contribution in [2.45, 2.75) is 64.9 Å². The number of hydrogen-bond donors (Lipinski definition) is 2. The van der Waals surface area contributed by atoms with Gasteiger partial charge in [0.1, 0.15) is 6.54 Å². The highest BCUT2D eigenvalue weighted by Gasteiger charge is 2.42. The number of ketones is 1. The van der Waals surface area contributed by atoms with Crippen molar-refractivity contribution in [3.05, 3.63) is 0 Å². The number of likely N-dealkylation sites (N-methyl/N-ethyl adjacent to an activating group) is 1. The normalized spacial score (nSPS) is 16.2. The number of aliphatic carboxylic acids is 1. The molecule has 0 spiro atoms. The summed E-state index contributed by atoms with van der Waals surface area (Å²) in [5, 5.41) is 19.6. The molecule has 0 saturated heterocycles. The van der Waals surface area contributed by atoms with Crippen molar-refractivity contribution in [1.82, 2.24) is 0 Å². The van der Waals surface area contributed by atoms with Crippen molar-refractivity contribution in [2.24, 2.45) is 11.8 Å². The topological polar surface area (TPSA) is 74.6 Å². The molecule has 5 nitrogen and oxygen atoms in total. The van der Waals surface area contributed by atoms with E-state index in [-0.39, 0.29) is 18.7 Å². The maximum atomic E-state index is 12.4. The Kier molecular flexibility index (Phi) is 9.00. The van der Waals surface area contributed by atoms with Crippen LogP contribution in [-0.4, -0.2) is 59.7 Å². The minimum Gasteiger partial charge on any atom is -0.481 e. The Bertz CT molecular complexity index is 387. The predicted molar refractivity (Wildman–Crippen MR) is 92.2 cm³/mol. The first-order chi connectivity index (χ1) is 10.4. The van der Waals surface area contributed by atoms with Crippen LogP contribution in [0, 0.1) is 11.8 Å². The van der Waals surface area contributed by atoms with Gasteiger partial charge in [0, 0.05) is 6.42 Å². The Balaban J connectivity index is 4.57. The fourth-order valence-electron chi connectivity index (χ4n) is 2.91. The summed E-state index contributed by atoms with van der Waals surface area (Å²) in [6, 6.07) is 0. The van der Waals surface area contributed by atoms with Crippen molar-refractivity contribution in [3.8, 4) is 0 Å². The largest absolute Gasteiger partial charge is 0.481 e. The summed E-state index contributed by atoms with van der Waals surface area (Å²) in [5.74, 6) is -0.382. The molecule has 2 atom stereocenters. The van der Waals surface area contributed by atoms with E-state index in [1.807, 2.05) is 21.1 Å². The lowest BCUT2D eigenvalue weighted by atomic mass is 9.87. The Labute approximate surface area is 141 Å². The van der Waals surface area contributed by atoms with Gasteiger partial charge in [0.25, 0.3) is 0 Å². The third kappa shape index (κ3) is 10.4. The highest BCUT2D eigenvalue weighted by molar-refractivity contribution is 5.91. The molecule has 2 N–H and O–H groups in total. The lowest BCUT2D eigenvalue weighted by molar-refractivity contribution is -0.875. The molecule has 0 rings (SSSR count). The van der Waals surface area contributed by atoms with Crippen molar-refractivity contribution < 1.29 is 24.3 Å². The first-order valence-electron chi connectivity index (χ1n) is 8.63. The van der Waals surface area contributed by atoms with Gasteiger partial charge in [-0.05, 0) is 18.3 Å². The molecule has 23 heavy (non-hydrogen) atoms. The molecule has 5 heteroatoms. The number of rotatable bonds is 12. The second-order valence-electron chi connectivity index (χ2n) is 8.44. The highest BCUT2D eigenvalue weighted by atomic mass is 16.4. The van der Waals surface area contributed by atoms with Gasteiger partial charge in [0.05, 0.1) is 27.6 Å². The minimum atomic E-state index is -1.78. The summed E-state index contributed by atoms with van der Waals surface area (Å²) in [6.07, 6.45) is 3.82. The maximum Gasteiger partial charge on any atom is 0.306 e.